The van der Waals surface area contributed by atoms with Gasteiger partial charge in [0.1, 0.15) is 12.4 Å². The number of anilines is 2. The third-order valence-electron chi connectivity index (χ3n) is 5.33. The Labute approximate surface area is 193 Å². The minimum absolute atomic E-state index is 0.141. The second-order valence-electron chi connectivity index (χ2n) is 7.52. The third-order valence-corrected chi connectivity index (χ3v) is 6.09. The highest BCUT2D eigenvalue weighted by Crippen LogP contribution is 2.34. The van der Waals surface area contributed by atoms with Crippen molar-refractivity contribution in [2.24, 2.45) is 4.99 Å². The number of rotatable bonds is 4. The molecule has 34 heavy (non-hydrogen) atoms. The van der Waals surface area contributed by atoms with Gasteiger partial charge in [-0.15, -0.1) is 11.3 Å². The maximum Gasteiger partial charge on any atom is 0.419 e. The summed E-state index contributed by atoms with van der Waals surface area (Å²) in [6.45, 7) is 0.899. The summed E-state index contributed by atoms with van der Waals surface area (Å²) in [6.07, 6.45) is -3.40. The third kappa shape index (κ3) is 3.69. The van der Waals surface area contributed by atoms with Crippen LogP contribution in [0.5, 0.6) is 0 Å². The Morgan fingerprint density at radius 2 is 2.09 bits per heavy atom. The molecule has 0 aliphatic carbocycles. The second kappa shape index (κ2) is 7.90. The van der Waals surface area contributed by atoms with Crippen molar-refractivity contribution < 1.29 is 27.2 Å². The summed E-state index contributed by atoms with van der Waals surface area (Å²) >= 11 is 1.03. The van der Waals surface area contributed by atoms with Gasteiger partial charge in [0, 0.05) is 24.5 Å². The van der Waals surface area contributed by atoms with E-state index >= 15 is 0 Å². The molecule has 14 heteroatoms. The molecule has 0 bridgehead atoms. The number of halogens is 4. The minimum atomic E-state index is -4.80. The van der Waals surface area contributed by atoms with Crippen LogP contribution >= 0.6 is 11.3 Å². The lowest BCUT2D eigenvalue weighted by atomic mass is 10.1. The quantitative estimate of drug-likeness (QED) is 0.564. The number of carbonyl (C=O) groups is 2. The van der Waals surface area contributed by atoms with Crippen molar-refractivity contribution in [3.8, 4) is 11.3 Å². The van der Waals surface area contributed by atoms with E-state index in [1.165, 1.54) is 21.2 Å². The summed E-state index contributed by atoms with van der Waals surface area (Å²) in [7, 11) is 1.60. The standard InChI is InChI=1S/C20H15F4N7O2S/c1-29-17(33)15-16(31-5-4-25-19(29)31)26-9-30(15)7-14(32)28-18-27-13(8-34-18)10-2-3-11(12(21)6-10)20(22,23)24/h2-3,6,8-9H,4-5,7H2,1H3,(H,27,28,32). The summed E-state index contributed by atoms with van der Waals surface area (Å²) < 4.78 is 53.6. The Morgan fingerprint density at radius 3 is 2.82 bits per heavy atom. The Hall–Kier alpha value is -3.81. The molecule has 0 unspecified atom stereocenters. The van der Waals surface area contributed by atoms with E-state index in [-0.39, 0.29) is 34.5 Å². The van der Waals surface area contributed by atoms with E-state index in [9.17, 15) is 27.2 Å². The molecule has 2 aliphatic rings. The average Bonchev–Trinajstić information content (AvgIpc) is 3.50. The number of thiazole rings is 1. The Kier molecular flexibility index (Phi) is 5.11. The number of aromatic nitrogens is 3. The fraction of sp³-hybridized carbons (Fsp3) is 0.250. The van der Waals surface area contributed by atoms with Gasteiger partial charge < -0.3 is 9.88 Å². The number of hydrogen-bond acceptors (Lipinski definition) is 7. The molecule has 2 aromatic heterocycles. The number of amides is 2. The largest absolute Gasteiger partial charge is 0.419 e. The van der Waals surface area contributed by atoms with Gasteiger partial charge in [-0.2, -0.15) is 13.2 Å². The van der Waals surface area contributed by atoms with E-state index in [2.05, 4.69) is 20.3 Å². The van der Waals surface area contributed by atoms with Crippen LogP contribution in [0, 0.1) is 5.82 Å². The molecule has 0 atom stereocenters. The van der Waals surface area contributed by atoms with E-state index in [0.717, 1.165) is 23.5 Å². The van der Waals surface area contributed by atoms with Crippen LogP contribution in [0.3, 0.4) is 0 Å². The number of benzene rings is 1. The number of aliphatic imine (C=N–C) groups is 1. The van der Waals surface area contributed by atoms with Crippen LogP contribution < -0.4 is 10.2 Å². The van der Waals surface area contributed by atoms with Gasteiger partial charge in [-0.3, -0.25) is 24.4 Å². The molecule has 0 fully saturated rings. The first-order valence-electron chi connectivity index (χ1n) is 9.91. The van der Waals surface area contributed by atoms with E-state index < -0.39 is 23.5 Å². The van der Waals surface area contributed by atoms with E-state index in [1.807, 2.05) is 0 Å². The van der Waals surface area contributed by atoms with Crippen molar-refractivity contribution in [3.05, 3.63) is 47.0 Å². The van der Waals surface area contributed by atoms with Crippen molar-refractivity contribution in [2.75, 3.05) is 30.4 Å². The number of nitrogens with one attached hydrogen (secondary N) is 1. The maximum atomic E-state index is 13.9. The molecule has 176 valence electrons. The van der Waals surface area contributed by atoms with Crippen LogP contribution in [0.4, 0.5) is 28.5 Å². The molecular weight excluding hydrogens is 478 g/mol. The lowest BCUT2D eigenvalue weighted by Gasteiger charge is -2.30. The molecule has 0 saturated carbocycles. The Bertz CT molecular complexity index is 1350. The molecule has 9 nitrogen and oxygen atoms in total. The van der Waals surface area contributed by atoms with Crippen LogP contribution in [0.2, 0.25) is 0 Å². The van der Waals surface area contributed by atoms with Crippen molar-refractivity contribution in [3.63, 3.8) is 0 Å². The lowest BCUT2D eigenvalue weighted by molar-refractivity contribution is -0.140. The van der Waals surface area contributed by atoms with E-state index in [4.69, 9.17) is 0 Å². The van der Waals surface area contributed by atoms with Gasteiger partial charge in [-0.1, -0.05) is 6.07 Å². The first-order chi connectivity index (χ1) is 16.1. The molecule has 1 N–H and O–H groups in total. The molecule has 0 radical (unpaired) electrons. The number of guanidine groups is 1. The van der Waals surface area contributed by atoms with Gasteiger partial charge in [-0.05, 0) is 12.1 Å². The zero-order valence-corrected chi connectivity index (χ0v) is 18.2. The Balaban J connectivity index is 1.31. The van der Waals surface area contributed by atoms with Crippen LogP contribution in [-0.2, 0) is 17.5 Å². The summed E-state index contributed by atoms with van der Waals surface area (Å²) in [5.41, 5.74) is -0.747. The highest BCUT2D eigenvalue weighted by atomic mass is 32.1. The van der Waals surface area contributed by atoms with Crippen molar-refractivity contribution in [1.29, 1.82) is 0 Å². The fourth-order valence-corrected chi connectivity index (χ4v) is 4.50. The number of alkyl halides is 3. The Morgan fingerprint density at radius 1 is 1.29 bits per heavy atom. The van der Waals surface area contributed by atoms with Gasteiger partial charge in [-0.25, -0.2) is 14.4 Å². The molecule has 3 aromatic rings. The molecular formula is C20H15F4N7O2S. The summed E-state index contributed by atoms with van der Waals surface area (Å²) in [5, 5.41) is 4.25. The lowest BCUT2D eigenvalue weighted by Crippen LogP contribution is -2.48. The summed E-state index contributed by atoms with van der Waals surface area (Å²) in [6, 6.07) is 2.51. The van der Waals surface area contributed by atoms with Crippen LogP contribution in [0.15, 0.2) is 34.9 Å². The number of carbonyl (C=O) groups excluding carboxylic acids is 2. The minimum Gasteiger partial charge on any atom is -0.315 e. The van der Waals surface area contributed by atoms with Gasteiger partial charge in [0.25, 0.3) is 5.91 Å². The smallest absolute Gasteiger partial charge is 0.315 e. The second-order valence-corrected chi connectivity index (χ2v) is 8.38. The topological polar surface area (TPSA) is 95.7 Å². The number of imidazole rings is 1. The van der Waals surface area contributed by atoms with E-state index in [1.54, 1.807) is 11.9 Å². The van der Waals surface area contributed by atoms with E-state index in [0.29, 0.717) is 30.9 Å². The molecule has 1 aromatic carbocycles. The van der Waals surface area contributed by atoms with Gasteiger partial charge in [0.05, 0.1) is 24.1 Å². The zero-order chi connectivity index (χ0) is 24.2. The van der Waals surface area contributed by atoms with Gasteiger partial charge in [0.2, 0.25) is 11.9 Å². The first kappa shape index (κ1) is 22.0. The molecule has 2 amide bonds. The summed E-state index contributed by atoms with van der Waals surface area (Å²) in [5.74, 6) is -1.28. The number of nitrogens with zero attached hydrogens (tertiary/aromatic N) is 6. The molecule has 4 heterocycles. The zero-order valence-electron chi connectivity index (χ0n) is 17.4. The first-order valence-corrected chi connectivity index (χ1v) is 10.8. The van der Waals surface area contributed by atoms with Gasteiger partial charge in [0.15, 0.2) is 16.6 Å². The number of hydrogen-bond donors (Lipinski definition) is 1. The van der Waals surface area contributed by atoms with Crippen LogP contribution in [0.25, 0.3) is 11.3 Å². The van der Waals surface area contributed by atoms with Crippen LogP contribution in [-0.4, -0.2) is 57.3 Å². The highest BCUT2D eigenvalue weighted by Gasteiger charge is 2.39. The molecule has 0 saturated heterocycles. The molecule has 5 rings (SSSR count). The van der Waals surface area contributed by atoms with Gasteiger partial charge >= 0.3 is 6.18 Å². The average molecular weight is 493 g/mol. The predicted octanol–water partition coefficient (Wildman–Crippen LogP) is 3.06. The van der Waals surface area contributed by atoms with Crippen LogP contribution in [0.1, 0.15) is 16.1 Å². The SMILES string of the molecule is CN1C(=O)c2c(ncn2CC(=O)Nc2nc(-c3ccc(C(F)(F)F)c(F)c3)cs2)N2CCN=C12. The normalized spacial score (nSPS) is 15.3. The van der Waals surface area contributed by atoms with Crippen molar-refractivity contribution in [2.45, 2.75) is 12.7 Å². The van der Waals surface area contributed by atoms with Crippen molar-refractivity contribution in [1.82, 2.24) is 19.4 Å². The van der Waals surface area contributed by atoms with Crippen molar-refractivity contribution >= 4 is 40.1 Å². The fourth-order valence-electron chi connectivity index (χ4n) is 3.76. The highest BCUT2D eigenvalue weighted by molar-refractivity contribution is 7.14. The molecule has 0 spiro atoms. The predicted molar refractivity (Wildman–Crippen MR) is 115 cm³/mol. The monoisotopic (exact) mass is 493 g/mol. The maximum absolute atomic E-state index is 13.9. The molecule has 2 aliphatic heterocycles. The summed E-state index contributed by atoms with van der Waals surface area (Å²) in [4.78, 5) is 41.3. The number of fused-ring (bicyclic) bond motifs is 3.